The van der Waals surface area contributed by atoms with Crippen LogP contribution in [0.5, 0.6) is 0 Å². The highest BCUT2D eigenvalue weighted by molar-refractivity contribution is 9.10. The summed E-state index contributed by atoms with van der Waals surface area (Å²) in [5, 5.41) is -0.129. The van der Waals surface area contributed by atoms with Gasteiger partial charge in [-0.25, -0.2) is 13.8 Å². The summed E-state index contributed by atoms with van der Waals surface area (Å²) in [6, 6.07) is 1.23. The molecule has 0 aliphatic carbocycles. The molecule has 0 amide bonds. The lowest BCUT2D eigenvalue weighted by molar-refractivity contribution is -0.139. The van der Waals surface area contributed by atoms with Crippen LogP contribution in [0, 0.1) is 0 Å². The summed E-state index contributed by atoms with van der Waals surface area (Å²) in [6.45, 7) is 0. The second kappa shape index (κ2) is 5.54. The van der Waals surface area contributed by atoms with E-state index in [1.54, 1.807) is 0 Å². The summed E-state index contributed by atoms with van der Waals surface area (Å²) in [4.78, 5) is 14.7. The maximum absolute atomic E-state index is 12.5. The van der Waals surface area contributed by atoms with Gasteiger partial charge in [0, 0.05) is 0 Å². The van der Waals surface area contributed by atoms with Crippen LogP contribution < -0.4 is 0 Å². The Morgan fingerprint density at radius 3 is 2.75 bits per heavy atom. The van der Waals surface area contributed by atoms with Gasteiger partial charge in [0.25, 0.3) is 6.43 Å². The molecule has 3 nitrogen and oxygen atoms in total. The van der Waals surface area contributed by atoms with E-state index in [4.69, 9.17) is 11.6 Å². The lowest BCUT2D eigenvalue weighted by Gasteiger charge is -2.07. The van der Waals surface area contributed by atoms with Gasteiger partial charge in [0.15, 0.2) is 0 Å². The van der Waals surface area contributed by atoms with Crippen LogP contribution in [0.25, 0.3) is 0 Å². The minimum atomic E-state index is -2.72. The normalized spacial score (nSPS) is 10.6. The van der Waals surface area contributed by atoms with E-state index in [1.165, 1.54) is 13.2 Å². The molecule has 0 aliphatic rings. The van der Waals surface area contributed by atoms with Gasteiger partial charge in [0.1, 0.15) is 4.60 Å². The smallest absolute Gasteiger partial charge is 0.311 e. The van der Waals surface area contributed by atoms with Gasteiger partial charge in [-0.05, 0) is 22.0 Å². The number of nitrogens with zero attached hydrogens (tertiary/aromatic N) is 1. The van der Waals surface area contributed by atoms with Crippen LogP contribution in [0.3, 0.4) is 0 Å². The predicted octanol–water partition coefficient (Wildman–Crippen LogP) is 3.15. The summed E-state index contributed by atoms with van der Waals surface area (Å²) in [7, 11) is 1.23. The number of carbonyl (C=O) groups excluding carboxylic acids is 1. The van der Waals surface area contributed by atoms with Gasteiger partial charge in [0.2, 0.25) is 0 Å². The maximum atomic E-state index is 12.5. The fraction of sp³-hybridized carbons (Fsp3) is 0.333. The lowest BCUT2D eigenvalue weighted by Crippen LogP contribution is -2.07. The van der Waals surface area contributed by atoms with Crippen molar-refractivity contribution in [3.63, 3.8) is 0 Å². The monoisotopic (exact) mass is 313 g/mol. The van der Waals surface area contributed by atoms with Gasteiger partial charge in [-0.2, -0.15) is 0 Å². The third kappa shape index (κ3) is 3.12. The van der Waals surface area contributed by atoms with Crippen LogP contribution in [0.4, 0.5) is 8.78 Å². The van der Waals surface area contributed by atoms with E-state index in [-0.39, 0.29) is 27.3 Å². The molecule has 1 aromatic heterocycles. The Hall–Kier alpha value is -0.750. The summed E-state index contributed by atoms with van der Waals surface area (Å²) >= 11 is 8.54. The van der Waals surface area contributed by atoms with Crippen molar-refractivity contribution in [1.29, 1.82) is 0 Å². The standard InChI is InChI=1S/C9H7BrClF2NO2/c1-16-6(15)3-4-2-5(11)7(9(12)13)8(10)14-4/h2,9H,3H2,1H3. The Bertz CT molecular complexity index is 391. The van der Waals surface area contributed by atoms with Crippen LogP contribution in [-0.4, -0.2) is 18.1 Å². The first-order valence-corrected chi connectivity index (χ1v) is 5.32. The van der Waals surface area contributed by atoms with Crippen molar-refractivity contribution in [1.82, 2.24) is 4.98 Å². The quantitative estimate of drug-likeness (QED) is 0.635. The highest BCUT2D eigenvalue weighted by atomic mass is 79.9. The number of carbonyl (C=O) groups is 1. The Balaban J connectivity index is 3.05. The largest absolute Gasteiger partial charge is 0.469 e. The molecule has 0 atom stereocenters. The number of esters is 1. The van der Waals surface area contributed by atoms with Gasteiger partial charge in [-0.1, -0.05) is 11.6 Å². The molecular weight excluding hydrogens is 307 g/mol. The van der Waals surface area contributed by atoms with E-state index in [2.05, 4.69) is 25.7 Å². The van der Waals surface area contributed by atoms with E-state index >= 15 is 0 Å². The van der Waals surface area contributed by atoms with E-state index in [0.717, 1.165) is 0 Å². The summed E-state index contributed by atoms with van der Waals surface area (Å²) < 4.78 is 29.4. The van der Waals surface area contributed by atoms with Crippen molar-refractivity contribution in [3.8, 4) is 0 Å². The number of ether oxygens (including phenoxy) is 1. The van der Waals surface area contributed by atoms with Gasteiger partial charge >= 0.3 is 5.97 Å². The first kappa shape index (κ1) is 13.3. The number of aromatic nitrogens is 1. The van der Waals surface area contributed by atoms with Crippen LogP contribution in [0.1, 0.15) is 17.7 Å². The van der Waals surface area contributed by atoms with Gasteiger partial charge < -0.3 is 4.74 Å². The Kier molecular flexibility index (Phi) is 4.61. The Labute approximate surface area is 104 Å². The summed E-state index contributed by atoms with van der Waals surface area (Å²) in [5.74, 6) is -0.514. The fourth-order valence-corrected chi connectivity index (χ4v) is 2.07. The first-order valence-electron chi connectivity index (χ1n) is 4.15. The molecule has 0 radical (unpaired) electrons. The zero-order valence-electron chi connectivity index (χ0n) is 8.14. The molecule has 0 unspecified atom stereocenters. The molecular formula is C9H7BrClF2NO2. The van der Waals surface area contributed by atoms with Gasteiger partial charge in [0.05, 0.1) is 29.8 Å². The number of methoxy groups -OCH3 is 1. The van der Waals surface area contributed by atoms with Gasteiger partial charge in [-0.3, -0.25) is 4.79 Å². The van der Waals surface area contributed by atoms with Crippen LogP contribution in [0.2, 0.25) is 5.02 Å². The molecule has 1 heterocycles. The molecule has 1 rings (SSSR count). The molecule has 0 saturated heterocycles. The van der Waals surface area contributed by atoms with Crippen LogP contribution in [0.15, 0.2) is 10.7 Å². The molecule has 0 N–H and O–H groups in total. The SMILES string of the molecule is COC(=O)Cc1cc(Cl)c(C(F)F)c(Br)n1. The molecule has 0 saturated carbocycles. The predicted molar refractivity (Wildman–Crippen MR) is 57.6 cm³/mol. The highest BCUT2D eigenvalue weighted by Crippen LogP contribution is 2.32. The van der Waals surface area contributed by atoms with Crippen molar-refractivity contribution >= 4 is 33.5 Å². The molecule has 88 valence electrons. The van der Waals surface area contributed by atoms with Crippen molar-refractivity contribution in [3.05, 3.63) is 26.9 Å². The molecule has 0 spiro atoms. The van der Waals surface area contributed by atoms with Crippen molar-refractivity contribution in [2.24, 2.45) is 0 Å². The van der Waals surface area contributed by atoms with E-state index in [1.807, 2.05) is 0 Å². The van der Waals surface area contributed by atoms with E-state index < -0.39 is 12.4 Å². The molecule has 0 aliphatic heterocycles. The van der Waals surface area contributed by atoms with Gasteiger partial charge in [-0.15, -0.1) is 0 Å². The van der Waals surface area contributed by atoms with Crippen molar-refractivity contribution in [2.75, 3.05) is 7.11 Å². The van der Waals surface area contributed by atoms with E-state index in [0.29, 0.717) is 0 Å². The highest BCUT2D eigenvalue weighted by Gasteiger charge is 2.19. The summed E-state index contributed by atoms with van der Waals surface area (Å²) in [5.41, 5.74) is -0.108. The minimum Gasteiger partial charge on any atom is -0.469 e. The second-order valence-electron chi connectivity index (χ2n) is 2.85. The molecule has 0 fully saturated rings. The Morgan fingerprint density at radius 2 is 2.31 bits per heavy atom. The van der Waals surface area contributed by atoms with Crippen LogP contribution in [-0.2, 0) is 16.0 Å². The molecule has 0 bridgehead atoms. The van der Waals surface area contributed by atoms with Crippen molar-refractivity contribution in [2.45, 2.75) is 12.8 Å². The average molecular weight is 315 g/mol. The zero-order valence-corrected chi connectivity index (χ0v) is 10.5. The minimum absolute atomic E-state index is 0.0612. The van der Waals surface area contributed by atoms with Crippen molar-refractivity contribution < 1.29 is 18.3 Å². The van der Waals surface area contributed by atoms with E-state index in [9.17, 15) is 13.6 Å². The fourth-order valence-electron chi connectivity index (χ4n) is 1.05. The summed E-state index contributed by atoms with van der Waals surface area (Å²) in [6.07, 6.45) is -2.83. The number of pyridine rings is 1. The topological polar surface area (TPSA) is 39.2 Å². The Morgan fingerprint density at radius 1 is 1.69 bits per heavy atom. The molecule has 0 aromatic carbocycles. The molecule has 16 heavy (non-hydrogen) atoms. The molecule has 7 heteroatoms. The third-order valence-electron chi connectivity index (χ3n) is 1.79. The van der Waals surface area contributed by atoms with Crippen LogP contribution >= 0.6 is 27.5 Å². The second-order valence-corrected chi connectivity index (χ2v) is 4.01. The number of hydrogen-bond donors (Lipinski definition) is 0. The number of halogens is 4. The number of alkyl halides is 2. The maximum Gasteiger partial charge on any atom is 0.311 e. The average Bonchev–Trinajstić information content (AvgIpc) is 2.15. The third-order valence-corrected chi connectivity index (χ3v) is 2.70. The first-order chi connectivity index (χ1) is 7.45. The molecule has 1 aromatic rings. The number of hydrogen-bond acceptors (Lipinski definition) is 3. The lowest BCUT2D eigenvalue weighted by atomic mass is 10.2. The number of rotatable bonds is 3. The zero-order chi connectivity index (χ0) is 12.3.